The number of amides is 9. The third-order valence-electron chi connectivity index (χ3n) is 11.7. The summed E-state index contributed by atoms with van der Waals surface area (Å²) in [7, 11) is 0. The molecule has 2 atom stereocenters. The van der Waals surface area contributed by atoms with Gasteiger partial charge in [-0.1, -0.05) is 56.7 Å². The molecule has 0 spiro atoms. The number of alkyl carbamates (subject to hydrolysis) is 1. The number of nitrogen functional groups attached to an aromatic ring is 1. The zero-order valence-corrected chi connectivity index (χ0v) is 40.7. The summed E-state index contributed by atoms with van der Waals surface area (Å²) in [5.74, 6) is -3.11. The molecule has 73 heavy (non-hydrogen) atoms. The topological polar surface area (TPSA) is 324 Å². The molecule has 4 heterocycles. The third-order valence-corrected chi connectivity index (χ3v) is 11.7. The Balaban J connectivity index is 0.950. The van der Waals surface area contributed by atoms with Gasteiger partial charge < -0.3 is 57.7 Å². The first kappa shape index (κ1) is 53.9. The van der Waals surface area contributed by atoms with E-state index < -0.39 is 41.9 Å². The van der Waals surface area contributed by atoms with Crippen LogP contribution in [0.1, 0.15) is 74.0 Å². The van der Waals surface area contributed by atoms with Gasteiger partial charge >= 0.3 is 12.1 Å². The number of aromatic nitrogens is 3. The number of carbonyl (C=O) groups is 8. The molecule has 386 valence electrons. The maximum Gasteiger partial charge on any atom is 0.407 e. The summed E-state index contributed by atoms with van der Waals surface area (Å²) in [6.45, 7) is 6.48. The number of benzene rings is 2. The van der Waals surface area contributed by atoms with Gasteiger partial charge in [0.2, 0.25) is 17.7 Å². The Hall–Kier alpha value is -8.47. The Morgan fingerprint density at radius 3 is 2.22 bits per heavy atom. The predicted octanol–water partition coefficient (Wildman–Crippen LogP) is 3.13. The van der Waals surface area contributed by atoms with Crippen LogP contribution in [-0.2, 0) is 46.6 Å². The monoisotopic (exact) mass is 1000 g/mol. The summed E-state index contributed by atoms with van der Waals surface area (Å²) in [5.41, 5.74) is 15.4. The molecular formula is C50H61N13O10. The van der Waals surface area contributed by atoms with Crippen molar-refractivity contribution in [3.8, 4) is 11.3 Å². The first-order valence-electron chi connectivity index (χ1n) is 23.9. The summed E-state index contributed by atoms with van der Waals surface area (Å²) in [6, 6.07) is 12.8. The van der Waals surface area contributed by atoms with Crippen LogP contribution in [0.3, 0.4) is 0 Å². The zero-order chi connectivity index (χ0) is 52.3. The number of morpholine rings is 1. The minimum Gasteiger partial charge on any atom is -0.445 e. The second-order valence-electron chi connectivity index (χ2n) is 17.5. The summed E-state index contributed by atoms with van der Waals surface area (Å²) in [6.07, 6.45) is 8.57. The Morgan fingerprint density at radius 1 is 0.808 bits per heavy atom. The van der Waals surface area contributed by atoms with Crippen molar-refractivity contribution >= 4 is 70.4 Å². The van der Waals surface area contributed by atoms with E-state index in [-0.39, 0.29) is 74.2 Å². The molecule has 1 unspecified atom stereocenters. The van der Waals surface area contributed by atoms with Crippen LogP contribution in [-0.4, -0.2) is 119 Å². The average Bonchev–Trinajstić information content (AvgIpc) is 3.70. The Bertz CT molecular complexity index is 2620. The maximum absolute atomic E-state index is 13.6. The van der Waals surface area contributed by atoms with Crippen molar-refractivity contribution in [2.45, 2.75) is 77.6 Å². The number of nitrogens with one attached hydrogen (secondary N) is 6. The lowest BCUT2D eigenvalue weighted by Crippen LogP contribution is -2.54. The number of anilines is 4. The minimum absolute atomic E-state index is 0.0353. The number of ether oxygens (including phenoxy) is 2. The standard InChI is InChI=1S/C50H61N13O10/c1-31(2)43(61-40(64)8-4-3-5-22-63-41(65)17-18-42(63)66)47(68)59-36(7-6-20-54-49(52)70)46(67)57-35-15-11-33(12-16-35)30-73-50(71)56-27-32-9-13-34(14-10-32)37-29-55-45(51)44(58-37)48(69)60-38-28-53-21-19-39(38)62-23-25-72-26-24-62/h9-19,21,28-29,31,36,43H,3-8,20,22-27,30H2,1-2H3,(H2,51,55)(H,56,71)(H,57,67)(H,59,68)(H,60,69)(H,61,64)(H3,52,54,70)/t36?,43-/m0/s1. The van der Waals surface area contributed by atoms with E-state index in [0.717, 1.165) is 16.2 Å². The fourth-order valence-electron chi connectivity index (χ4n) is 7.74. The van der Waals surface area contributed by atoms with Crippen molar-refractivity contribution in [3.63, 3.8) is 0 Å². The molecule has 2 aromatic heterocycles. The number of urea groups is 1. The van der Waals surface area contributed by atoms with E-state index in [4.69, 9.17) is 20.9 Å². The number of pyridine rings is 1. The molecule has 0 bridgehead atoms. The Kier molecular flexibility index (Phi) is 19.7. The van der Waals surface area contributed by atoms with Gasteiger partial charge in [0.15, 0.2) is 11.5 Å². The molecular weight excluding hydrogens is 943 g/mol. The van der Waals surface area contributed by atoms with Gasteiger partial charge in [-0.05, 0) is 60.9 Å². The molecule has 23 heteroatoms. The first-order valence-corrected chi connectivity index (χ1v) is 23.9. The maximum atomic E-state index is 13.6. The summed E-state index contributed by atoms with van der Waals surface area (Å²) in [4.78, 5) is 117. The molecule has 1 fully saturated rings. The number of primary amides is 1. The summed E-state index contributed by atoms with van der Waals surface area (Å²) >= 11 is 0. The summed E-state index contributed by atoms with van der Waals surface area (Å²) in [5, 5.41) is 16.3. The molecule has 10 N–H and O–H groups in total. The largest absolute Gasteiger partial charge is 0.445 e. The highest BCUT2D eigenvalue weighted by molar-refractivity contribution is 6.13. The van der Waals surface area contributed by atoms with Crippen LogP contribution in [0.15, 0.2) is 85.3 Å². The highest BCUT2D eigenvalue weighted by atomic mass is 16.5. The van der Waals surface area contributed by atoms with Crippen molar-refractivity contribution in [2.24, 2.45) is 11.7 Å². The normalized spacial score (nSPS) is 14.0. The van der Waals surface area contributed by atoms with Gasteiger partial charge in [0.1, 0.15) is 18.7 Å². The average molecular weight is 1000 g/mol. The minimum atomic E-state index is -1.06. The van der Waals surface area contributed by atoms with Crippen LogP contribution in [0.5, 0.6) is 0 Å². The van der Waals surface area contributed by atoms with Gasteiger partial charge in [0.05, 0.1) is 42.7 Å². The van der Waals surface area contributed by atoms with Gasteiger partial charge in [-0.2, -0.15) is 0 Å². The van der Waals surface area contributed by atoms with Crippen LogP contribution in [0.25, 0.3) is 11.3 Å². The van der Waals surface area contributed by atoms with Crippen molar-refractivity contribution in [3.05, 3.63) is 102 Å². The smallest absolute Gasteiger partial charge is 0.407 e. The van der Waals surface area contributed by atoms with Gasteiger partial charge in [0.25, 0.3) is 17.7 Å². The highest BCUT2D eigenvalue weighted by Gasteiger charge is 2.29. The van der Waals surface area contributed by atoms with E-state index in [9.17, 15) is 38.4 Å². The highest BCUT2D eigenvalue weighted by Crippen LogP contribution is 2.27. The molecule has 2 aliphatic rings. The molecule has 0 saturated carbocycles. The molecule has 23 nitrogen and oxygen atoms in total. The summed E-state index contributed by atoms with van der Waals surface area (Å²) < 4.78 is 10.9. The molecule has 0 aliphatic carbocycles. The van der Waals surface area contributed by atoms with E-state index in [1.807, 2.05) is 6.07 Å². The van der Waals surface area contributed by atoms with Crippen molar-refractivity contribution in [1.82, 2.24) is 41.1 Å². The lowest BCUT2D eigenvalue weighted by molar-refractivity contribution is -0.137. The van der Waals surface area contributed by atoms with Crippen LogP contribution < -0.4 is 48.3 Å². The Morgan fingerprint density at radius 2 is 1.52 bits per heavy atom. The second kappa shape index (κ2) is 26.7. The molecule has 2 aliphatic heterocycles. The second-order valence-corrected chi connectivity index (χ2v) is 17.5. The number of carbonyl (C=O) groups excluding carboxylic acids is 8. The van der Waals surface area contributed by atoms with Gasteiger partial charge in [0, 0.05) is 68.7 Å². The van der Waals surface area contributed by atoms with Crippen molar-refractivity contribution in [2.75, 3.05) is 60.7 Å². The quantitative estimate of drug-likeness (QED) is 0.0369. The van der Waals surface area contributed by atoms with Gasteiger partial charge in [-0.25, -0.2) is 19.6 Å². The van der Waals surface area contributed by atoms with Crippen molar-refractivity contribution < 1.29 is 47.8 Å². The Labute approximate surface area is 421 Å². The zero-order valence-electron chi connectivity index (χ0n) is 40.7. The lowest BCUT2D eigenvalue weighted by atomic mass is 10.0. The number of nitrogens with two attached hydrogens (primary N) is 2. The number of hydrogen-bond donors (Lipinski definition) is 8. The first-order chi connectivity index (χ1) is 35.1. The van der Waals surface area contributed by atoms with Gasteiger partial charge in [-0.15, -0.1) is 0 Å². The predicted molar refractivity (Wildman–Crippen MR) is 269 cm³/mol. The molecule has 2 aromatic carbocycles. The van der Waals surface area contributed by atoms with Crippen molar-refractivity contribution in [1.29, 1.82) is 0 Å². The molecule has 6 rings (SSSR count). The number of hydrogen-bond acceptors (Lipinski definition) is 15. The third kappa shape index (κ3) is 16.3. The SMILES string of the molecule is CC(C)[C@H](NC(=O)CCCCCN1C(=O)C=CC1=O)C(=O)NC(CCCNC(N)=O)C(=O)Nc1ccc(COC(=O)NCc2ccc(-c3cnc(N)c(C(=O)Nc4cnccc4N4CCOCC4)n3)cc2)cc1. The molecule has 0 radical (unpaired) electrons. The van der Waals surface area contributed by atoms with Crippen LogP contribution in [0.4, 0.5) is 32.5 Å². The van der Waals surface area contributed by atoms with E-state index in [1.54, 1.807) is 74.8 Å². The van der Waals surface area contributed by atoms with E-state index in [2.05, 4.69) is 51.8 Å². The number of nitrogens with zero attached hydrogens (tertiary/aromatic N) is 5. The van der Waals surface area contributed by atoms with Gasteiger partial charge in [-0.3, -0.25) is 38.7 Å². The lowest BCUT2D eigenvalue weighted by Gasteiger charge is -2.30. The molecule has 1 saturated heterocycles. The van der Waals surface area contributed by atoms with Crippen LogP contribution in [0, 0.1) is 5.92 Å². The number of unbranched alkanes of at least 4 members (excludes halogenated alkanes) is 2. The van der Waals surface area contributed by atoms with E-state index in [1.165, 1.54) is 18.3 Å². The fraction of sp³-hybridized carbons (Fsp3) is 0.380. The van der Waals surface area contributed by atoms with E-state index >= 15 is 0 Å². The van der Waals surface area contributed by atoms with Crippen LogP contribution >= 0.6 is 0 Å². The molecule has 9 amide bonds. The van der Waals surface area contributed by atoms with E-state index in [0.29, 0.717) is 80.2 Å². The number of rotatable bonds is 24. The number of imide groups is 1. The fourth-order valence-corrected chi connectivity index (χ4v) is 7.74. The molecule has 4 aromatic rings. The van der Waals surface area contributed by atoms with Crippen LogP contribution in [0.2, 0.25) is 0 Å².